The first-order chi connectivity index (χ1) is 15.8. The van der Waals surface area contributed by atoms with Crippen LogP contribution in [0.2, 0.25) is 0 Å². The normalized spacial score (nSPS) is 12.2. The number of halogens is 1. The molecule has 6 heteroatoms. The fourth-order valence-corrected chi connectivity index (χ4v) is 4.83. The van der Waals surface area contributed by atoms with Crippen LogP contribution in [-0.2, 0) is 11.3 Å². The maximum Gasteiger partial charge on any atom is 0.304 e. The third kappa shape index (κ3) is 6.59. The van der Waals surface area contributed by atoms with Crippen LogP contribution in [0.15, 0.2) is 65.6 Å². The number of carboxylic acids is 1. The monoisotopic (exact) mass is 467 g/mol. The summed E-state index contributed by atoms with van der Waals surface area (Å²) in [5.41, 5.74) is 4.22. The summed E-state index contributed by atoms with van der Waals surface area (Å²) >= 11 is 1.51. The van der Waals surface area contributed by atoms with Gasteiger partial charge in [0.2, 0.25) is 0 Å². The number of rotatable bonds is 10. The Morgan fingerprint density at radius 2 is 1.70 bits per heavy atom. The highest BCUT2D eigenvalue weighted by molar-refractivity contribution is 7.97. The van der Waals surface area contributed by atoms with Crippen molar-refractivity contribution in [2.45, 2.75) is 51.0 Å². The van der Waals surface area contributed by atoms with Gasteiger partial charge in [-0.25, -0.2) is 8.70 Å². The average molecular weight is 468 g/mol. The molecule has 0 saturated heterocycles. The highest BCUT2D eigenvalue weighted by Gasteiger charge is 2.21. The molecule has 3 aromatic rings. The lowest BCUT2D eigenvalue weighted by Gasteiger charge is -2.24. The third-order valence-electron chi connectivity index (χ3n) is 5.66. The topological polar surface area (TPSA) is 60.8 Å². The maximum absolute atomic E-state index is 14.3. The van der Waals surface area contributed by atoms with Gasteiger partial charge in [0.25, 0.3) is 0 Å². The van der Waals surface area contributed by atoms with Crippen molar-refractivity contribution in [3.63, 3.8) is 0 Å². The number of nitrogens with zero attached hydrogens (tertiary/aromatic N) is 1. The number of aliphatic carboxylic acids is 1. The first-order valence-electron chi connectivity index (χ1n) is 11.1. The van der Waals surface area contributed by atoms with Gasteiger partial charge in [0.05, 0.1) is 11.3 Å². The van der Waals surface area contributed by atoms with Crippen LogP contribution < -0.4 is 0 Å². The molecule has 174 valence electrons. The van der Waals surface area contributed by atoms with Crippen molar-refractivity contribution >= 4 is 17.9 Å². The Hall–Kier alpha value is -2.83. The quantitative estimate of drug-likeness (QED) is 0.326. The summed E-state index contributed by atoms with van der Waals surface area (Å²) in [4.78, 5) is 12.4. The van der Waals surface area contributed by atoms with E-state index in [2.05, 4.69) is 11.2 Å². The van der Waals surface area contributed by atoms with Gasteiger partial charge in [-0.15, -0.1) is 0 Å². The summed E-state index contributed by atoms with van der Waals surface area (Å²) in [6.45, 7) is 7.29. The fraction of sp³-hybridized carbons (Fsp3) is 0.296. The summed E-state index contributed by atoms with van der Waals surface area (Å²) in [6.07, 6.45) is 0.833. The van der Waals surface area contributed by atoms with E-state index in [1.807, 2.05) is 43.3 Å². The first-order valence-corrected chi connectivity index (χ1v) is 11.8. The largest absolute Gasteiger partial charge is 0.507 e. The van der Waals surface area contributed by atoms with Crippen LogP contribution in [0.3, 0.4) is 0 Å². The number of phenolic OH excluding ortho intramolecular Hbond substituents is 1. The van der Waals surface area contributed by atoms with Crippen LogP contribution in [0.1, 0.15) is 53.5 Å². The predicted molar refractivity (Wildman–Crippen MR) is 131 cm³/mol. The van der Waals surface area contributed by atoms with Gasteiger partial charge in [-0.3, -0.25) is 4.79 Å². The predicted octanol–water partition coefficient (Wildman–Crippen LogP) is 6.67. The Bertz CT molecular complexity index is 1120. The van der Waals surface area contributed by atoms with Crippen LogP contribution in [-0.4, -0.2) is 27.0 Å². The zero-order valence-corrected chi connectivity index (χ0v) is 20.0. The number of para-hydroxylation sites is 1. The van der Waals surface area contributed by atoms with E-state index in [0.717, 1.165) is 34.6 Å². The van der Waals surface area contributed by atoms with E-state index in [4.69, 9.17) is 0 Å². The summed E-state index contributed by atoms with van der Waals surface area (Å²) in [5, 5.41) is 19.7. The number of hydrogen-bond acceptors (Lipinski definition) is 4. The highest BCUT2D eigenvalue weighted by Crippen LogP contribution is 2.34. The van der Waals surface area contributed by atoms with Gasteiger partial charge in [-0.2, -0.15) is 0 Å². The number of aryl methyl sites for hydroxylation is 2. The molecular weight excluding hydrogens is 437 g/mol. The summed E-state index contributed by atoms with van der Waals surface area (Å²) < 4.78 is 16.4. The molecule has 0 aliphatic rings. The number of phenols is 1. The van der Waals surface area contributed by atoms with Crippen molar-refractivity contribution in [3.8, 4) is 5.75 Å². The van der Waals surface area contributed by atoms with E-state index in [1.165, 1.54) is 18.0 Å². The minimum Gasteiger partial charge on any atom is -0.507 e. The van der Waals surface area contributed by atoms with Crippen LogP contribution in [0.5, 0.6) is 5.75 Å². The van der Waals surface area contributed by atoms with Gasteiger partial charge in [-0.1, -0.05) is 49.4 Å². The zero-order valence-electron chi connectivity index (χ0n) is 19.2. The minimum absolute atomic E-state index is 0.115. The van der Waals surface area contributed by atoms with Crippen LogP contribution in [0.4, 0.5) is 4.39 Å². The first kappa shape index (κ1) is 24.8. The van der Waals surface area contributed by atoms with Crippen LogP contribution in [0.25, 0.3) is 0 Å². The molecule has 0 radical (unpaired) electrons. The van der Waals surface area contributed by atoms with Crippen molar-refractivity contribution in [3.05, 3.63) is 94.3 Å². The van der Waals surface area contributed by atoms with E-state index in [-0.39, 0.29) is 18.0 Å². The molecule has 4 nitrogen and oxygen atoms in total. The molecular formula is C27H30FNO3S. The average Bonchev–Trinajstić information content (AvgIpc) is 2.77. The van der Waals surface area contributed by atoms with Gasteiger partial charge < -0.3 is 10.2 Å². The molecule has 0 bridgehead atoms. The van der Waals surface area contributed by atoms with E-state index < -0.39 is 11.9 Å². The Kier molecular flexibility index (Phi) is 8.53. The molecule has 0 aliphatic carbocycles. The molecule has 0 aliphatic heterocycles. The van der Waals surface area contributed by atoms with Crippen molar-refractivity contribution in [2.75, 3.05) is 6.54 Å². The lowest BCUT2D eigenvalue weighted by Crippen LogP contribution is -2.17. The Morgan fingerprint density at radius 3 is 2.33 bits per heavy atom. The number of carboxylic acid groups (broad SMARTS) is 1. The van der Waals surface area contributed by atoms with Crippen molar-refractivity contribution in [1.29, 1.82) is 0 Å². The standard InChI is InChI=1S/C27H30FNO3S/c1-4-13-29(33-26-8-6-5-7-25(26)30)17-22-14-20(11-9-18(22)2)23(16-27(31)32)21-12-10-19(3)24(28)15-21/h5-12,14-15,23,30H,4,13,16-17H2,1-3H3,(H,31,32). The molecule has 0 heterocycles. The third-order valence-corrected chi connectivity index (χ3v) is 6.78. The molecule has 0 aromatic heterocycles. The fourth-order valence-electron chi connectivity index (χ4n) is 3.78. The summed E-state index contributed by atoms with van der Waals surface area (Å²) in [6, 6.07) is 18.2. The van der Waals surface area contributed by atoms with Gasteiger partial charge in [0.1, 0.15) is 11.6 Å². The molecule has 0 saturated carbocycles. The van der Waals surface area contributed by atoms with E-state index in [9.17, 15) is 19.4 Å². The molecule has 0 fully saturated rings. The molecule has 1 atom stereocenters. The van der Waals surface area contributed by atoms with Gasteiger partial charge in [0, 0.05) is 19.0 Å². The lowest BCUT2D eigenvalue weighted by atomic mass is 9.86. The Morgan fingerprint density at radius 1 is 1.03 bits per heavy atom. The zero-order chi connectivity index (χ0) is 24.0. The van der Waals surface area contributed by atoms with Crippen molar-refractivity contribution in [1.82, 2.24) is 4.31 Å². The van der Waals surface area contributed by atoms with Gasteiger partial charge in [-0.05, 0) is 78.2 Å². The molecule has 2 N–H and O–H groups in total. The smallest absolute Gasteiger partial charge is 0.304 e. The second kappa shape index (κ2) is 11.3. The van der Waals surface area contributed by atoms with Crippen molar-refractivity contribution in [2.24, 2.45) is 0 Å². The molecule has 33 heavy (non-hydrogen) atoms. The van der Waals surface area contributed by atoms with Crippen LogP contribution >= 0.6 is 11.9 Å². The molecule has 0 spiro atoms. The second-order valence-electron chi connectivity index (χ2n) is 8.27. The van der Waals surface area contributed by atoms with Crippen LogP contribution in [0, 0.1) is 19.7 Å². The summed E-state index contributed by atoms with van der Waals surface area (Å²) in [7, 11) is 0. The van der Waals surface area contributed by atoms with Gasteiger partial charge >= 0.3 is 5.97 Å². The highest BCUT2D eigenvalue weighted by atomic mass is 32.2. The molecule has 0 amide bonds. The SMILES string of the molecule is CCCN(Cc1cc(C(CC(=O)O)c2ccc(C)c(F)c2)ccc1C)Sc1ccccc1O. The van der Waals surface area contributed by atoms with E-state index >= 15 is 0 Å². The molecule has 1 unspecified atom stereocenters. The lowest BCUT2D eigenvalue weighted by molar-refractivity contribution is -0.137. The number of carbonyl (C=O) groups is 1. The maximum atomic E-state index is 14.3. The number of aromatic hydroxyl groups is 1. The van der Waals surface area contributed by atoms with Gasteiger partial charge in [0.15, 0.2) is 0 Å². The van der Waals surface area contributed by atoms with Crippen molar-refractivity contribution < 1.29 is 19.4 Å². The Labute approximate surface area is 199 Å². The molecule has 3 aromatic carbocycles. The summed E-state index contributed by atoms with van der Waals surface area (Å²) in [5.74, 6) is -1.45. The van der Waals surface area contributed by atoms with E-state index in [1.54, 1.807) is 25.1 Å². The van der Waals surface area contributed by atoms with E-state index in [0.29, 0.717) is 17.7 Å². The second-order valence-corrected chi connectivity index (χ2v) is 9.41. The number of benzene rings is 3. The number of hydrogen-bond donors (Lipinski definition) is 2. The minimum atomic E-state index is -0.925. The molecule has 3 rings (SSSR count). The Balaban J connectivity index is 1.93.